The fraction of sp³-hybridized carbons (Fsp3) is 0.778. The number of rotatable bonds is 0. The van der Waals surface area contributed by atoms with Crippen LogP contribution in [0.1, 0.15) is 6.42 Å². The zero-order chi connectivity index (χ0) is 8.34. The SMILES string of the molecule is FC1(F)OCC2C3C=CC(C3)C21. The molecule has 0 aromatic carbocycles. The standard InChI is InChI=1S/C9H10F2O/c10-9(11)8-6-2-1-5(3-6)7(8)4-12-9/h1-2,5-8H,3-4H2. The molecule has 1 saturated carbocycles. The van der Waals surface area contributed by atoms with E-state index in [4.69, 9.17) is 0 Å². The van der Waals surface area contributed by atoms with E-state index in [1.165, 1.54) is 0 Å². The van der Waals surface area contributed by atoms with Gasteiger partial charge in [0, 0.05) is 5.92 Å². The first-order valence-corrected chi connectivity index (χ1v) is 4.38. The Kier molecular flexibility index (Phi) is 1.11. The predicted octanol–water partition coefficient (Wildman–Crippen LogP) is 2.05. The van der Waals surface area contributed by atoms with E-state index in [1.54, 1.807) is 0 Å². The highest BCUT2D eigenvalue weighted by Gasteiger charge is 2.61. The first-order valence-electron chi connectivity index (χ1n) is 4.38. The number of halogens is 2. The number of alkyl halides is 2. The van der Waals surface area contributed by atoms with Gasteiger partial charge in [0.25, 0.3) is 0 Å². The first-order chi connectivity index (χ1) is 5.68. The molecule has 3 rings (SSSR count). The van der Waals surface area contributed by atoms with Gasteiger partial charge in [-0.05, 0) is 18.3 Å². The predicted molar refractivity (Wildman–Crippen MR) is 38.6 cm³/mol. The van der Waals surface area contributed by atoms with Gasteiger partial charge < -0.3 is 4.74 Å². The second-order valence-corrected chi connectivity index (χ2v) is 4.01. The highest BCUT2D eigenvalue weighted by molar-refractivity contribution is 5.16. The van der Waals surface area contributed by atoms with Crippen molar-refractivity contribution in [1.29, 1.82) is 0 Å². The maximum atomic E-state index is 13.1. The van der Waals surface area contributed by atoms with Gasteiger partial charge in [-0.3, -0.25) is 0 Å². The summed E-state index contributed by atoms with van der Waals surface area (Å²) < 4.78 is 30.7. The number of hydrogen-bond donors (Lipinski definition) is 0. The topological polar surface area (TPSA) is 9.23 Å². The molecule has 1 aliphatic heterocycles. The molecule has 66 valence electrons. The van der Waals surface area contributed by atoms with E-state index in [0.717, 1.165) is 6.42 Å². The van der Waals surface area contributed by atoms with Crippen molar-refractivity contribution >= 4 is 0 Å². The summed E-state index contributed by atoms with van der Waals surface area (Å²) in [5, 5.41) is 0. The summed E-state index contributed by atoms with van der Waals surface area (Å²) in [6.07, 6.45) is 2.09. The van der Waals surface area contributed by atoms with Crippen molar-refractivity contribution < 1.29 is 13.5 Å². The minimum absolute atomic E-state index is 0.0810. The minimum Gasteiger partial charge on any atom is -0.320 e. The van der Waals surface area contributed by atoms with Crippen LogP contribution in [0.15, 0.2) is 12.2 Å². The smallest absolute Gasteiger partial charge is 0.320 e. The molecular weight excluding hydrogens is 162 g/mol. The summed E-state index contributed by atoms with van der Waals surface area (Å²) in [5.74, 6) is 0.0216. The van der Waals surface area contributed by atoms with Gasteiger partial charge in [-0.15, -0.1) is 0 Å². The Morgan fingerprint density at radius 3 is 2.75 bits per heavy atom. The summed E-state index contributed by atoms with van der Waals surface area (Å²) in [5.41, 5.74) is 0. The van der Waals surface area contributed by atoms with Crippen LogP contribution in [-0.4, -0.2) is 12.7 Å². The summed E-state index contributed by atoms with van der Waals surface area (Å²) >= 11 is 0. The van der Waals surface area contributed by atoms with Crippen LogP contribution in [0, 0.1) is 23.7 Å². The summed E-state index contributed by atoms with van der Waals surface area (Å²) in [6.45, 7) is 0.253. The summed E-state index contributed by atoms with van der Waals surface area (Å²) in [6, 6.07) is 0. The van der Waals surface area contributed by atoms with Crippen molar-refractivity contribution in [3.63, 3.8) is 0 Å². The van der Waals surface area contributed by atoms with Crippen molar-refractivity contribution in [2.45, 2.75) is 12.5 Å². The molecule has 4 unspecified atom stereocenters. The second-order valence-electron chi connectivity index (χ2n) is 4.01. The van der Waals surface area contributed by atoms with E-state index in [9.17, 15) is 8.78 Å². The molecule has 0 N–H and O–H groups in total. The largest absolute Gasteiger partial charge is 0.359 e. The lowest BCUT2D eigenvalue weighted by atomic mass is 9.85. The van der Waals surface area contributed by atoms with E-state index in [1.807, 2.05) is 6.08 Å². The molecule has 0 aromatic rings. The summed E-state index contributed by atoms with van der Waals surface area (Å²) in [4.78, 5) is 0. The fourth-order valence-electron chi connectivity index (χ4n) is 2.95. The second kappa shape index (κ2) is 1.90. The fourth-order valence-corrected chi connectivity index (χ4v) is 2.95. The summed E-state index contributed by atoms with van der Waals surface area (Å²) in [7, 11) is 0. The van der Waals surface area contributed by atoms with Crippen molar-refractivity contribution in [1.82, 2.24) is 0 Å². The zero-order valence-corrected chi connectivity index (χ0v) is 6.54. The molecule has 2 bridgehead atoms. The van der Waals surface area contributed by atoms with Gasteiger partial charge in [-0.1, -0.05) is 12.2 Å². The third-order valence-electron chi connectivity index (χ3n) is 3.48. The number of hydrogen-bond acceptors (Lipinski definition) is 1. The molecule has 0 amide bonds. The van der Waals surface area contributed by atoms with Crippen molar-refractivity contribution in [2.75, 3.05) is 6.61 Å². The quantitative estimate of drug-likeness (QED) is 0.508. The lowest BCUT2D eigenvalue weighted by molar-refractivity contribution is -0.235. The Balaban J connectivity index is 2.00. The Bertz CT molecular complexity index is 249. The Hall–Kier alpha value is -0.440. The molecule has 2 aliphatic carbocycles. The van der Waals surface area contributed by atoms with E-state index < -0.39 is 12.0 Å². The van der Waals surface area contributed by atoms with Crippen molar-refractivity contribution in [3.05, 3.63) is 12.2 Å². The number of allylic oxidation sites excluding steroid dienone is 2. The molecule has 4 atom stereocenters. The highest BCUT2D eigenvalue weighted by Crippen LogP contribution is 2.57. The van der Waals surface area contributed by atoms with Gasteiger partial charge in [0.05, 0.1) is 12.5 Å². The number of fused-ring (bicyclic) bond motifs is 5. The lowest BCUT2D eigenvalue weighted by Gasteiger charge is -2.22. The molecule has 1 heterocycles. The van der Waals surface area contributed by atoms with E-state index in [2.05, 4.69) is 10.8 Å². The highest BCUT2D eigenvalue weighted by atomic mass is 19.3. The average Bonchev–Trinajstić information content (AvgIpc) is 2.61. The molecule has 0 aromatic heterocycles. The van der Waals surface area contributed by atoms with Crippen LogP contribution in [0.3, 0.4) is 0 Å². The van der Waals surface area contributed by atoms with Gasteiger partial charge in [0.1, 0.15) is 0 Å². The average molecular weight is 172 g/mol. The molecule has 3 heteroatoms. The van der Waals surface area contributed by atoms with Crippen LogP contribution in [0.5, 0.6) is 0 Å². The molecule has 2 fully saturated rings. The van der Waals surface area contributed by atoms with Crippen molar-refractivity contribution in [3.8, 4) is 0 Å². The van der Waals surface area contributed by atoms with E-state index >= 15 is 0 Å². The molecular formula is C9H10F2O. The maximum Gasteiger partial charge on any atom is 0.359 e. The Morgan fingerprint density at radius 1 is 1.25 bits per heavy atom. The Morgan fingerprint density at radius 2 is 2.00 bits per heavy atom. The van der Waals surface area contributed by atoms with Gasteiger partial charge in [0.15, 0.2) is 0 Å². The number of ether oxygens (including phenoxy) is 1. The third kappa shape index (κ3) is 0.661. The van der Waals surface area contributed by atoms with Crippen LogP contribution < -0.4 is 0 Å². The van der Waals surface area contributed by atoms with Gasteiger partial charge in [0.2, 0.25) is 0 Å². The van der Waals surface area contributed by atoms with Crippen LogP contribution in [-0.2, 0) is 4.74 Å². The first kappa shape index (κ1) is 7.01. The van der Waals surface area contributed by atoms with Gasteiger partial charge >= 0.3 is 6.11 Å². The van der Waals surface area contributed by atoms with Crippen LogP contribution in [0.25, 0.3) is 0 Å². The Labute approximate surface area is 69.4 Å². The normalized spacial score (nSPS) is 53.2. The van der Waals surface area contributed by atoms with Crippen molar-refractivity contribution in [2.24, 2.45) is 23.7 Å². The van der Waals surface area contributed by atoms with E-state index in [-0.39, 0.29) is 18.4 Å². The van der Waals surface area contributed by atoms with Gasteiger partial charge in [-0.2, -0.15) is 8.78 Å². The zero-order valence-electron chi connectivity index (χ0n) is 6.54. The molecule has 1 saturated heterocycles. The minimum atomic E-state index is -2.85. The lowest BCUT2D eigenvalue weighted by Crippen LogP contribution is -2.30. The van der Waals surface area contributed by atoms with Crippen LogP contribution >= 0.6 is 0 Å². The molecule has 3 aliphatic rings. The molecule has 1 nitrogen and oxygen atoms in total. The van der Waals surface area contributed by atoms with E-state index in [0.29, 0.717) is 5.92 Å². The molecule has 12 heavy (non-hydrogen) atoms. The molecule has 0 spiro atoms. The monoisotopic (exact) mass is 172 g/mol. The third-order valence-corrected chi connectivity index (χ3v) is 3.48. The van der Waals surface area contributed by atoms with Gasteiger partial charge in [-0.25, -0.2) is 0 Å². The molecule has 0 radical (unpaired) electrons. The maximum absolute atomic E-state index is 13.1. The van der Waals surface area contributed by atoms with Crippen LogP contribution in [0.2, 0.25) is 0 Å². The van der Waals surface area contributed by atoms with Crippen LogP contribution in [0.4, 0.5) is 8.78 Å².